The number of amides is 1. The molecule has 1 N–H and O–H groups in total. The van der Waals surface area contributed by atoms with Crippen molar-refractivity contribution in [3.63, 3.8) is 0 Å². The van der Waals surface area contributed by atoms with Gasteiger partial charge in [0.05, 0.1) is 17.4 Å². The highest BCUT2D eigenvalue weighted by atomic mass is 32.1. The van der Waals surface area contributed by atoms with Gasteiger partial charge in [0, 0.05) is 24.3 Å². The number of carbonyl (C=O) groups excluding carboxylic acids is 1. The number of aromatic amines is 1. The number of aromatic nitrogens is 2. The summed E-state index contributed by atoms with van der Waals surface area (Å²) < 4.78 is 0. The van der Waals surface area contributed by atoms with Gasteiger partial charge in [0.1, 0.15) is 5.82 Å². The molecule has 0 atom stereocenters. The van der Waals surface area contributed by atoms with E-state index in [0.29, 0.717) is 49.1 Å². The minimum atomic E-state index is -0.136. The second-order valence-corrected chi connectivity index (χ2v) is 7.06. The third-order valence-corrected chi connectivity index (χ3v) is 4.96. The van der Waals surface area contributed by atoms with E-state index in [9.17, 15) is 9.59 Å². The lowest BCUT2D eigenvalue weighted by Crippen LogP contribution is -2.30. The smallest absolute Gasteiger partial charge is 0.258 e. The van der Waals surface area contributed by atoms with Gasteiger partial charge in [-0.25, -0.2) is 4.98 Å². The lowest BCUT2D eigenvalue weighted by molar-refractivity contribution is -0.131. The molecule has 1 aromatic carbocycles. The number of carbonyl (C=O) groups is 1. The summed E-state index contributed by atoms with van der Waals surface area (Å²) in [6.07, 6.45) is 3.36. The van der Waals surface area contributed by atoms with Crippen LogP contribution < -0.4 is 5.56 Å². The maximum Gasteiger partial charge on any atom is 0.258 e. The molecule has 6 heteroatoms. The summed E-state index contributed by atoms with van der Waals surface area (Å²) in [6.45, 7) is 4.87. The zero-order valence-electron chi connectivity index (χ0n) is 14.5. The Morgan fingerprint density at radius 2 is 2.12 bits per heavy atom. The number of para-hydroxylation sites is 1. The monoisotopic (exact) mass is 367 g/mol. The second-order valence-electron chi connectivity index (χ2n) is 6.03. The molecule has 5 nitrogen and oxygen atoms in total. The van der Waals surface area contributed by atoms with Gasteiger partial charge in [-0.1, -0.05) is 24.3 Å². The molecule has 0 radical (unpaired) electrons. The average molecular weight is 367 g/mol. The SMILES string of the molecule is C=CCN(Cc1cccs1)C(=O)CCCc1nc2ccccc2c(=O)[nH]1. The van der Waals surface area contributed by atoms with E-state index >= 15 is 0 Å². The molecule has 26 heavy (non-hydrogen) atoms. The topological polar surface area (TPSA) is 66.1 Å². The lowest BCUT2D eigenvalue weighted by Gasteiger charge is -2.20. The third kappa shape index (κ3) is 4.46. The molecule has 0 fully saturated rings. The minimum Gasteiger partial charge on any atom is -0.334 e. The first-order valence-electron chi connectivity index (χ1n) is 8.56. The highest BCUT2D eigenvalue weighted by Crippen LogP contribution is 2.14. The molecule has 2 aromatic heterocycles. The Hall–Kier alpha value is -2.73. The Kier molecular flexibility index (Phi) is 5.96. The van der Waals surface area contributed by atoms with E-state index in [4.69, 9.17) is 0 Å². The van der Waals surface area contributed by atoms with Gasteiger partial charge < -0.3 is 9.88 Å². The van der Waals surface area contributed by atoms with Crippen molar-refractivity contribution >= 4 is 28.1 Å². The van der Waals surface area contributed by atoms with E-state index in [2.05, 4.69) is 16.5 Å². The molecule has 0 aliphatic rings. The second kappa shape index (κ2) is 8.58. The minimum absolute atomic E-state index is 0.0847. The molecule has 0 bridgehead atoms. The number of nitrogens with zero attached hydrogens (tertiary/aromatic N) is 2. The normalized spacial score (nSPS) is 10.8. The number of hydrogen-bond acceptors (Lipinski definition) is 4. The van der Waals surface area contributed by atoms with Crippen LogP contribution >= 0.6 is 11.3 Å². The van der Waals surface area contributed by atoms with Crippen LogP contribution in [0.3, 0.4) is 0 Å². The molecule has 0 unspecified atom stereocenters. The summed E-state index contributed by atoms with van der Waals surface area (Å²) in [5.74, 6) is 0.705. The maximum absolute atomic E-state index is 12.5. The Balaban J connectivity index is 1.60. The Morgan fingerprint density at radius 1 is 1.27 bits per heavy atom. The fourth-order valence-electron chi connectivity index (χ4n) is 2.82. The van der Waals surface area contributed by atoms with Gasteiger partial charge in [0.2, 0.25) is 5.91 Å². The van der Waals surface area contributed by atoms with E-state index in [1.165, 1.54) is 0 Å². The molecule has 0 aliphatic heterocycles. The Bertz CT molecular complexity index is 947. The molecule has 3 aromatic rings. The lowest BCUT2D eigenvalue weighted by atomic mass is 10.2. The molecule has 0 saturated heterocycles. The molecule has 0 saturated carbocycles. The van der Waals surface area contributed by atoms with Gasteiger partial charge in [-0.2, -0.15) is 0 Å². The van der Waals surface area contributed by atoms with Crippen molar-refractivity contribution < 1.29 is 4.79 Å². The Morgan fingerprint density at radius 3 is 2.88 bits per heavy atom. The molecule has 2 heterocycles. The fraction of sp³-hybridized carbons (Fsp3) is 0.250. The van der Waals surface area contributed by atoms with Crippen LogP contribution in [0.25, 0.3) is 10.9 Å². The van der Waals surface area contributed by atoms with Crippen molar-refractivity contribution in [1.82, 2.24) is 14.9 Å². The van der Waals surface area contributed by atoms with Crippen molar-refractivity contribution in [3.05, 3.63) is 75.5 Å². The van der Waals surface area contributed by atoms with Crippen LogP contribution in [0.5, 0.6) is 0 Å². The molecule has 0 spiro atoms. The van der Waals surface area contributed by atoms with E-state index in [0.717, 1.165) is 4.88 Å². The number of rotatable bonds is 8. The van der Waals surface area contributed by atoms with Crippen molar-refractivity contribution in [3.8, 4) is 0 Å². The number of benzene rings is 1. The zero-order valence-corrected chi connectivity index (χ0v) is 15.3. The first-order chi connectivity index (χ1) is 12.7. The van der Waals surface area contributed by atoms with E-state index in [-0.39, 0.29) is 11.5 Å². The number of nitrogens with one attached hydrogen (secondary N) is 1. The van der Waals surface area contributed by atoms with Crippen molar-refractivity contribution in [2.24, 2.45) is 0 Å². The standard InChI is InChI=1S/C20H21N3O2S/c1-2-12-23(14-15-7-6-13-26-15)19(24)11-5-10-18-21-17-9-4-3-8-16(17)20(25)22-18/h2-4,6-9,13H,1,5,10-12,14H2,(H,21,22,25). The van der Waals surface area contributed by atoms with E-state index in [1.807, 2.05) is 35.7 Å². The number of thiophene rings is 1. The summed E-state index contributed by atoms with van der Waals surface area (Å²) in [7, 11) is 0. The van der Waals surface area contributed by atoms with Gasteiger partial charge in [-0.05, 0) is 30.0 Å². The van der Waals surface area contributed by atoms with Crippen LogP contribution in [0.15, 0.2) is 59.2 Å². The number of hydrogen-bond donors (Lipinski definition) is 1. The molecular formula is C20H21N3O2S. The highest BCUT2D eigenvalue weighted by Gasteiger charge is 2.13. The van der Waals surface area contributed by atoms with Gasteiger partial charge in [0.25, 0.3) is 5.56 Å². The first-order valence-corrected chi connectivity index (χ1v) is 9.44. The largest absolute Gasteiger partial charge is 0.334 e. The van der Waals surface area contributed by atoms with Gasteiger partial charge in [-0.15, -0.1) is 17.9 Å². The van der Waals surface area contributed by atoms with Crippen molar-refractivity contribution in [2.45, 2.75) is 25.8 Å². The molecular weight excluding hydrogens is 346 g/mol. The average Bonchev–Trinajstić information content (AvgIpc) is 3.14. The molecule has 3 rings (SSSR count). The summed E-state index contributed by atoms with van der Waals surface area (Å²) >= 11 is 1.64. The summed E-state index contributed by atoms with van der Waals surface area (Å²) in [5.41, 5.74) is 0.548. The fourth-order valence-corrected chi connectivity index (χ4v) is 3.54. The molecule has 0 aliphatic carbocycles. The van der Waals surface area contributed by atoms with E-state index in [1.54, 1.807) is 28.4 Å². The predicted molar refractivity (Wildman–Crippen MR) is 105 cm³/mol. The quantitative estimate of drug-likeness (QED) is 0.620. The number of aryl methyl sites for hydroxylation is 1. The van der Waals surface area contributed by atoms with Gasteiger partial charge in [0.15, 0.2) is 0 Å². The van der Waals surface area contributed by atoms with Crippen LogP contribution in [0, 0.1) is 0 Å². The molecule has 1 amide bonds. The predicted octanol–water partition coefficient (Wildman–Crippen LogP) is 3.52. The first kappa shape index (κ1) is 18.1. The summed E-state index contributed by atoms with van der Waals surface area (Å²) in [6, 6.07) is 11.3. The van der Waals surface area contributed by atoms with Crippen molar-refractivity contribution in [2.75, 3.05) is 6.54 Å². The van der Waals surface area contributed by atoms with Gasteiger partial charge in [-0.3, -0.25) is 9.59 Å². The molecule has 134 valence electrons. The van der Waals surface area contributed by atoms with Crippen LogP contribution in [-0.2, 0) is 17.8 Å². The number of fused-ring (bicyclic) bond motifs is 1. The van der Waals surface area contributed by atoms with Gasteiger partial charge >= 0.3 is 0 Å². The summed E-state index contributed by atoms with van der Waals surface area (Å²) in [4.78, 5) is 34.8. The van der Waals surface area contributed by atoms with Crippen LogP contribution in [0.1, 0.15) is 23.5 Å². The zero-order chi connectivity index (χ0) is 18.4. The number of H-pyrrole nitrogens is 1. The van der Waals surface area contributed by atoms with E-state index < -0.39 is 0 Å². The third-order valence-electron chi connectivity index (χ3n) is 4.10. The van der Waals surface area contributed by atoms with Crippen LogP contribution in [0.2, 0.25) is 0 Å². The highest BCUT2D eigenvalue weighted by molar-refractivity contribution is 7.09. The van der Waals surface area contributed by atoms with Crippen LogP contribution in [0.4, 0.5) is 0 Å². The Labute approximate surface area is 156 Å². The summed E-state index contributed by atoms with van der Waals surface area (Å²) in [5, 5.41) is 2.59. The van der Waals surface area contributed by atoms with Crippen LogP contribution in [-0.4, -0.2) is 27.3 Å². The maximum atomic E-state index is 12.5. The van der Waals surface area contributed by atoms with Crippen molar-refractivity contribution in [1.29, 1.82) is 0 Å².